The van der Waals surface area contributed by atoms with E-state index in [1.54, 1.807) is 38.4 Å². The third-order valence-electron chi connectivity index (χ3n) is 7.04. The summed E-state index contributed by atoms with van der Waals surface area (Å²) in [5.41, 5.74) is 2.98. The Kier molecular flexibility index (Phi) is 12.3. The standard InChI is InChI=1S/C33H43N5O5S/c1-33(2,3)43-32(41)36-29-24-44-23-27(29)20-30(39)28-11-10-26(21-35-28)22-38(15-7-14-37-16-18-42-19-17-37)31(40)34-13-12-25-8-5-4-6-9-25/h4-6,8-11,21,23-24H,7,12-20,22H2,1-3H3,(H,34,40)(H,36,41). The molecule has 0 unspecified atom stereocenters. The van der Waals surface area contributed by atoms with Gasteiger partial charge in [0.2, 0.25) is 0 Å². The second-order valence-electron chi connectivity index (χ2n) is 11.8. The topological polar surface area (TPSA) is 113 Å². The SMILES string of the molecule is CC(C)(C)OC(=O)Nc1cscc1CC(=O)c1ccc(CN(CCCN2CCOCC2)C(=O)NCCc2ccccc2)cn1. The van der Waals surface area contributed by atoms with Crippen LogP contribution in [-0.2, 0) is 28.9 Å². The Morgan fingerprint density at radius 1 is 1.05 bits per heavy atom. The molecule has 11 heteroatoms. The number of benzene rings is 1. The number of hydrogen-bond acceptors (Lipinski definition) is 8. The molecule has 0 atom stereocenters. The number of hydrogen-bond donors (Lipinski definition) is 2. The molecule has 1 aromatic carbocycles. The summed E-state index contributed by atoms with van der Waals surface area (Å²) in [5, 5.41) is 9.41. The number of ketones is 1. The number of urea groups is 1. The third-order valence-corrected chi connectivity index (χ3v) is 7.83. The highest BCUT2D eigenvalue weighted by Gasteiger charge is 2.20. The highest BCUT2D eigenvalue weighted by Crippen LogP contribution is 2.23. The number of pyridine rings is 1. The van der Waals surface area contributed by atoms with Crippen LogP contribution in [0.5, 0.6) is 0 Å². The van der Waals surface area contributed by atoms with Gasteiger partial charge in [0.15, 0.2) is 5.78 Å². The third kappa shape index (κ3) is 11.0. The average Bonchev–Trinajstić information content (AvgIpc) is 3.42. The number of carbonyl (C=O) groups is 3. The van der Waals surface area contributed by atoms with Crippen molar-refractivity contribution < 1.29 is 23.9 Å². The number of amides is 3. The Morgan fingerprint density at radius 2 is 1.82 bits per heavy atom. The van der Waals surface area contributed by atoms with E-state index < -0.39 is 11.7 Å². The van der Waals surface area contributed by atoms with Gasteiger partial charge in [-0.2, -0.15) is 0 Å². The van der Waals surface area contributed by atoms with Crippen LogP contribution in [0.1, 0.15) is 54.4 Å². The molecular weight excluding hydrogens is 578 g/mol. The lowest BCUT2D eigenvalue weighted by Crippen LogP contribution is -2.42. The molecule has 3 amide bonds. The molecule has 44 heavy (non-hydrogen) atoms. The van der Waals surface area contributed by atoms with Gasteiger partial charge in [-0.3, -0.25) is 20.0 Å². The van der Waals surface area contributed by atoms with Crippen LogP contribution in [0.3, 0.4) is 0 Å². The maximum absolute atomic E-state index is 13.2. The minimum Gasteiger partial charge on any atom is -0.444 e. The fourth-order valence-electron chi connectivity index (χ4n) is 4.78. The first kappa shape index (κ1) is 33.1. The molecule has 2 aromatic heterocycles. The molecule has 1 aliphatic rings. The van der Waals surface area contributed by atoms with Gasteiger partial charge in [-0.1, -0.05) is 36.4 Å². The summed E-state index contributed by atoms with van der Waals surface area (Å²) in [5.74, 6) is -0.164. The van der Waals surface area contributed by atoms with Gasteiger partial charge in [0, 0.05) is 57.3 Å². The molecule has 4 rings (SSSR count). The molecule has 0 radical (unpaired) electrons. The minimum absolute atomic E-state index is 0.0957. The average molecular weight is 622 g/mol. The van der Waals surface area contributed by atoms with E-state index in [1.807, 2.05) is 34.5 Å². The number of nitrogens with zero attached hydrogens (tertiary/aromatic N) is 3. The van der Waals surface area contributed by atoms with E-state index in [0.29, 0.717) is 36.6 Å². The normalized spacial score (nSPS) is 13.7. The van der Waals surface area contributed by atoms with Crippen molar-refractivity contribution in [2.24, 2.45) is 0 Å². The lowest BCUT2D eigenvalue weighted by atomic mass is 10.1. The second kappa shape index (κ2) is 16.3. The van der Waals surface area contributed by atoms with Gasteiger partial charge in [0.25, 0.3) is 0 Å². The fraction of sp³-hybridized carbons (Fsp3) is 0.455. The van der Waals surface area contributed by atoms with Crippen molar-refractivity contribution in [3.05, 3.63) is 81.8 Å². The number of morpholine rings is 1. The van der Waals surface area contributed by atoms with E-state index >= 15 is 0 Å². The predicted molar refractivity (Wildman–Crippen MR) is 172 cm³/mol. The summed E-state index contributed by atoms with van der Waals surface area (Å²) in [6.07, 6.45) is 2.79. The number of Topliss-reactive ketones (excluding diaryl/α,β-unsaturated/α-hetero) is 1. The summed E-state index contributed by atoms with van der Waals surface area (Å²) < 4.78 is 10.8. The maximum atomic E-state index is 13.2. The molecule has 0 spiro atoms. The minimum atomic E-state index is -0.622. The Hall–Kier alpha value is -3.80. The molecule has 3 heterocycles. The Balaban J connectivity index is 1.33. The maximum Gasteiger partial charge on any atom is 0.412 e. The first-order chi connectivity index (χ1) is 21.2. The van der Waals surface area contributed by atoms with E-state index in [0.717, 1.165) is 51.3 Å². The van der Waals surface area contributed by atoms with Gasteiger partial charge in [0.1, 0.15) is 11.3 Å². The number of aromatic nitrogens is 1. The highest BCUT2D eigenvalue weighted by atomic mass is 32.1. The Bertz CT molecular complexity index is 1350. The van der Waals surface area contributed by atoms with E-state index in [1.165, 1.54) is 16.9 Å². The lowest BCUT2D eigenvalue weighted by molar-refractivity contribution is 0.0364. The summed E-state index contributed by atoms with van der Waals surface area (Å²) in [6, 6.07) is 13.5. The van der Waals surface area contributed by atoms with Crippen LogP contribution < -0.4 is 10.6 Å². The fourth-order valence-corrected chi connectivity index (χ4v) is 5.57. The molecule has 3 aromatic rings. The number of rotatable bonds is 13. The zero-order valence-electron chi connectivity index (χ0n) is 25.8. The molecule has 1 saturated heterocycles. The molecule has 0 bridgehead atoms. The van der Waals surface area contributed by atoms with Crippen molar-refractivity contribution >= 4 is 34.9 Å². The summed E-state index contributed by atoms with van der Waals surface area (Å²) >= 11 is 1.40. The molecule has 0 aliphatic carbocycles. The van der Waals surface area contributed by atoms with Gasteiger partial charge in [-0.15, -0.1) is 11.3 Å². The van der Waals surface area contributed by atoms with Crippen LogP contribution in [0.25, 0.3) is 0 Å². The number of carbonyl (C=O) groups excluding carboxylic acids is 3. The van der Waals surface area contributed by atoms with Gasteiger partial charge < -0.3 is 19.7 Å². The van der Waals surface area contributed by atoms with Crippen LogP contribution in [0, 0.1) is 0 Å². The predicted octanol–water partition coefficient (Wildman–Crippen LogP) is 5.39. The van der Waals surface area contributed by atoms with E-state index in [9.17, 15) is 14.4 Å². The summed E-state index contributed by atoms with van der Waals surface area (Å²) in [6.45, 7) is 11.1. The lowest BCUT2D eigenvalue weighted by Gasteiger charge is -2.28. The number of thiophene rings is 1. The van der Waals surface area contributed by atoms with Crippen molar-refractivity contribution in [2.45, 2.75) is 52.2 Å². The molecule has 1 fully saturated rings. The van der Waals surface area contributed by atoms with Crippen LogP contribution in [0.2, 0.25) is 0 Å². The van der Waals surface area contributed by atoms with Crippen molar-refractivity contribution in [3.63, 3.8) is 0 Å². The van der Waals surface area contributed by atoms with E-state index in [2.05, 4.69) is 32.7 Å². The smallest absolute Gasteiger partial charge is 0.412 e. The van der Waals surface area contributed by atoms with Crippen molar-refractivity contribution in [1.29, 1.82) is 0 Å². The highest BCUT2D eigenvalue weighted by molar-refractivity contribution is 7.08. The molecule has 10 nitrogen and oxygen atoms in total. The second-order valence-corrected chi connectivity index (χ2v) is 12.5. The van der Waals surface area contributed by atoms with Crippen LogP contribution in [-0.4, -0.2) is 84.2 Å². The van der Waals surface area contributed by atoms with Gasteiger partial charge in [-0.25, -0.2) is 9.59 Å². The summed E-state index contributed by atoms with van der Waals surface area (Å²) in [7, 11) is 0. The molecule has 1 aliphatic heterocycles. The Morgan fingerprint density at radius 3 is 2.52 bits per heavy atom. The van der Waals surface area contributed by atoms with Crippen molar-refractivity contribution in [2.75, 3.05) is 51.3 Å². The first-order valence-corrected chi connectivity index (χ1v) is 16.0. The largest absolute Gasteiger partial charge is 0.444 e. The molecule has 2 N–H and O–H groups in total. The van der Waals surface area contributed by atoms with Gasteiger partial charge >= 0.3 is 12.1 Å². The molecular formula is C33H43N5O5S. The van der Waals surface area contributed by atoms with Gasteiger partial charge in [-0.05, 0) is 61.7 Å². The number of nitrogens with one attached hydrogen (secondary N) is 2. The zero-order chi connectivity index (χ0) is 31.4. The van der Waals surface area contributed by atoms with Crippen LogP contribution >= 0.6 is 11.3 Å². The number of ether oxygens (including phenoxy) is 2. The monoisotopic (exact) mass is 621 g/mol. The quantitative estimate of drug-likeness (QED) is 0.246. The first-order valence-electron chi connectivity index (χ1n) is 15.1. The molecule has 0 saturated carbocycles. The van der Waals surface area contributed by atoms with Crippen LogP contribution in [0.4, 0.5) is 15.3 Å². The van der Waals surface area contributed by atoms with Crippen LogP contribution in [0.15, 0.2) is 59.4 Å². The summed E-state index contributed by atoms with van der Waals surface area (Å²) in [4.78, 5) is 47.1. The van der Waals surface area contributed by atoms with E-state index in [4.69, 9.17) is 9.47 Å². The zero-order valence-corrected chi connectivity index (χ0v) is 26.7. The molecule has 236 valence electrons. The van der Waals surface area contributed by atoms with Crippen molar-refractivity contribution in [1.82, 2.24) is 20.1 Å². The Labute approximate surface area is 263 Å². The van der Waals surface area contributed by atoms with Crippen molar-refractivity contribution in [3.8, 4) is 0 Å². The van der Waals surface area contributed by atoms with E-state index in [-0.39, 0.29) is 18.2 Å². The number of anilines is 1. The van der Waals surface area contributed by atoms with Gasteiger partial charge in [0.05, 0.1) is 18.9 Å².